The summed E-state index contributed by atoms with van der Waals surface area (Å²) in [5.74, 6) is -0.224. The molecule has 8 heteroatoms. The van der Waals surface area contributed by atoms with Gasteiger partial charge in [0.1, 0.15) is 11.5 Å². The third-order valence-electron chi connectivity index (χ3n) is 4.00. The van der Waals surface area contributed by atoms with Crippen molar-refractivity contribution in [1.82, 2.24) is 5.16 Å². The molecule has 0 spiro atoms. The van der Waals surface area contributed by atoms with E-state index in [1.807, 2.05) is 30.3 Å². The Hall–Kier alpha value is -2.97. The van der Waals surface area contributed by atoms with Gasteiger partial charge in [-0.15, -0.1) is 0 Å². The van der Waals surface area contributed by atoms with Crippen LogP contribution >= 0.6 is 0 Å². The Morgan fingerprint density at radius 2 is 1.79 bits per heavy atom. The molecule has 0 unspecified atom stereocenters. The van der Waals surface area contributed by atoms with E-state index in [2.05, 4.69) is 9.55 Å². The second kappa shape index (κ2) is 8.37. The van der Waals surface area contributed by atoms with E-state index in [1.165, 1.54) is 12.1 Å². The highest BCUT2D eigenvalue weighted by molar-refractivity contribution is 7.90. The van der Waals surface area contributed by atoms with Crippen molar-refractivity contribution in [2.75, 3.05) is 13.2 Å². The maximum absolute atomic E-state index is 12.3. The van der Waals surface area contributed by atoms with Crippen LogP contribution in [-0.4, -0.2) is 32.7 Å². The van der Waals surface area contributed by atoms with Crippen LogP contribution in [0.4, 0.5) is 0 Å². The largest absolute Gasteiger partial charge is 0.860 e. The van der Waals surface area contributed by atoms with Crippen LogP contribution in [0.3, 0.4) is 0 Å². The fourth-order valence-corrected chi connectivity index (χ4v) is 3.61. The monoisotopic (exact) mass is 399 g/mol. The van der Waals surface area contributed by atoms with Crippen molar-refractivity contribution in [3.8, 4) is 22.4 Å². The maximum atomic E-state index is 12.3. The highest BCUT2D eigenvalue weighted by Crippen LogP contribution is 2.34. The Labute approximate surface area is 163 Å². The third-order valence-corrected chi connectivity index (χ3v) is 5.31. The van der Waals surface area contributed by atoms with Gasteiger partial charge in [0.05, 0.1) is 17.1 Å². The molecule has 0 fully saturated rings. The Bertz CT molecular complexity index is 1070. The van der Waals surface area contributed by atoms with Gasteiger partial charge >= 0.3 is 0 Å². The minimum absolute atomic E-state index is 0.0727. The van der Waals surface area contributed by atoms with Crippen molar-refractivity contribution in [2.45, 2.75) is 18.7 Å². The molecule has 0 bridgehead atoms. The molecule has 1 aromatic heterocycles. The van der Waals surface area contributed by atoms with Gasteiger partial charge in [0.15, 0.2) is 0 Å². The lowest BCUT2D eigenvalue weighted by molar-refractivity contribution is -0.222. The van der Waals surface area contributed by atoms with Crippen LogP contribution in [0.15, 0.2) is 68.4 Å². The SMILES string of the molecule is CCOC/C([O-])=N/S(=O)(=O)c1ccc(-c2c(-c3ccccc3)noc2C)cc1. The first kappa shape index (κ1) is 19.8. The molecular weight excluding hydrogens is 380 g/mol. The molecule has 0 atom stereocenters. The lowest BCUT2D eigenvalue weighted by atomic mass is 10.00. The molecule has 0 saturated heterocycles. The number of hydrogen-bond acceptors (Lipinski definition) is 6. The molecule has 0 aliphatic heterocycles. The van der Waals surface area contributed by atoms with Gasteiger partial charge in [-0.2, -0.15) is 12.8 Å². The van der Waals surface area contributed by atoms with E-state index in [4.69, 9.17) is 9.26 Å². The minimum Gasteiger partial charge on any atom is -0.860 e. The summed E-state index contributed by atoms with van der Waals surface area (Å²) in [6, 6.07) is 15.6. The Kier molecular flexibility index (Phi) is 5.91. The average molecular weight is 399 g/mol. The van der Waals surface area contributed by atoms with Crippen LogP contribution in [0, 0.1) is 6.92 Å². The zero-order valence-electron chi connectivity index (χ0n) is 15.5. The van der Waals surface area contributed by atoms with Crippen molar-refractivity contribution in [1.29, 1.82) is 0 Å². The third kappa shape index (κ3) is 4.29. The Balaban J connectivity index is 1.93. The van der Waals surface area contributed by atoms with Crippen LogP contribution in [-0.2, 0) is 14.8 Å². The molecule has 0 N–H and O–H groups in total. The first-order valence-corrected chi connectivity index (χ1v) is 10.1. The molecule has 3 aromatic rings. The molecule has 28 heavy (non-hydrogen) atoms. The molecule has 1 heterocycles. The highest BCUT2D eigenvalue weighted by atomic mass is 32.2. The van der Waals surface area contributed by atoms with E-state index in [1.54, 1.807) is 26.0 Å². The standard InChI is InChI=1S/C20H20N2O5S/c1-3-26-13-18(23)22-28(24,25)17-11-9-15(10-12-17)19-14(2)27-21-20(19)16-7-5-4-6-8-16/h4-12H,3,13H2,1-2H3,(H,22,23)/p-1. The number of ether oxygens (including phenoxy) is 1. The van der Waals surface area contributed by atoms with Crippen molar-refractivity contribution in [2.24, 2.45) is 4.40 Å². The number of sulfonamides is 1. The summed E-state index contributed by atoms with van der Waals surface area (Å²) < 4.78 is 38.1. The second-order valence-corrected chi connectivity index (χ2v) is 7.55. The van der Waals surface area contributed by atoms with Gasteiger partial charge < -0.3 is 14.4 Å². The normalized spacial score (nSPS) is 12.3. The number of benzene rings is 2. The lowest BCUT2D eigenvalue weighted by Crippen LogP contribution is -2.25. The first-order chi connectivity index (χ1) is 13.4. The van der Waals surface area contributed by atoms with Gasteiger partial charge in [-0.3, -0.25) is 0 Å². The van der Waals surface area contributed by atoms with Crippen LogP contribution in [0.1, 0.15) is 12.7 Å². The number of nitrogens with zero attached hydrogens (tertiary/aromatic N) is 2. The average Bonchev–Trinajstić information content (AvgIpc) is 3.08. The zero-order chi connectivity index (χ0) is 20.1. The molecule has 0 saturated carbocycles. The lowest BCUT2D eigenvalue weighted by Gasteiger charge is -2.10. The summed E-state index contributed by atoms with van der Waals surface area (Å²) in [7, 11) is -4.09. The zero-order valence-corrected chi connectivity index (χ0v) is 16.3. The molecule has 7 nitrogen and oxygen atoms in total. The summed E-state index contributed by atoms with van der Waals surface area (Å²) in [5.41, 5.74) is 3.09. The van der Waals surface area contributed by atoms with Gasteiger partial charge in [-0.05, 0) is 31.5 Å². The van der Waals surface area contributed by atoms with Crippen LogP contribution in [0.25, 0.3) is 22.4 Å². The van der Waals surface area contributed by atoms with Crippen molar-refractivity contribution >= 4 is 15.9 Å². The summed E-state index contributed by atoms with van der Waals surface area (Å²) in [6.45, 7) is 3.43. The first-order valence-electron chi connectivity index (χ1n) is 8.63. The van der Waals surface area contributed by atoms with Crippen molar-refractivity contribution < 1.29 is 22.8 Å². The van der Waals surface area contributed by atoms with E-state index >= 15 is 0 Å². The van der Waals surface area contributed by atoms with Gasteiger partial charge in [0.25, 0.3) is 10.0 Å². The molecule has 0 aliphatic carbocycles. The van der Waals surface area contributed by atoms with Gasteiger partial charge in [-0.25, -0.2) is 0 Å². The maximum Gasteiger partial charge on any atom is 0.281 e. The molecule has 0 radical (unpaired) electrons. The van der Waals surface area contributed by atoms with E-state index in [-0.39, 0.29) is 11.5 Å². The predicted octanol–water partition coefficient (Wildman–Crippen LogP) is 2.80. The van der Waals surface area contributed by atoms with E-state index in [0.29, 0.717) is 18.1 Å². The number of rotatable bonds is 7. The Morgan fingerprint density at radius 1 is 1.11 bits per heavy atom. The van der Waals surface area contributed by atoms with E-state index < -0.39 is 15.9 Å². The summed E-state index contributed by atoms with van der Waals surface area (Å²) in [5, 5.41) is 15.7. The summed E-state index contributed by atoms with van der Waals surface area (Å²) in [4.78, 5) is -0.0727. The highest BCUT2D eigenvalue weighted by Gasteiger charge is 2.18. The molecular formula is C20H19N2O5S-. The number of aromatic nitrogens is 1. The predicted molar refractivity (Wildman–Crippen MR) is 103 cm³/mol. The molecule has 3 rings (SSSR count). The molecule has 2 aromatic carbocycles. The van der Waals surface area contributed by atoms with Gasteiger partial charge in [0.2, 0.25) is 0 Å². The fourth-order valence-electron chi connectivity index (χ4n) is 2.70. The number of hydrogen-bond donors (Lipinski definition) is 0. The Morgan fingerprint density at radius 3 is 2.43 bits per heavy atom. The van der Waals surface area contributed by atoms with Crippen LogP contribution in [0.5, 0.6) is 0 Å². The topological polar surface area (TPSA) is 105 Å². The minimum atomic E-state index is -4.09. The molecule has 0 aliphatic rings. The molecule has 146 valence electrons. The van der Waals surface area contributed by atoms with E-state index in [9.17, 15) is 13.5 Å². The van der Waals surface area contributed by atoms with Crippen molar-refractivity contribution in [3.05, 3.63) is 60.4 Å². The fraction of sp³-hybridized carbons (Fsp3) is 0.200. The smallest absolute Gasteiger partial charge is 0.281 e. The van der Waals surface area contributed by atoms with Crippen LogP contribution in [0.2, 0.25) is 0 Å². The van der Waals surface area contributed by atoms with Crippen LogP contribution < -0.4 is 5.11 Å². The van der Waals surface area contributed by atoms with E-state index in [0.717, 1.165) is 16.7 Å². The van der Waals surface area contributed by atoms with Crippen molar-refractivity contribution in [3.63, 3.8) is 0 Å². The number of aryl methyl sites for hydroxylation is 1. The van der Waals surface area contributed by atoms with Gasteiger partial charge in [-0.1, -0.05) is 47.6 Å². The summed E-state index contributed by atoms with van der Waals surface area (Å²) >= 11 is 0. The van der Waals surface area contributed by atoms with Gasteiger partial charge in [0, 0.05) is 18.1 Å². The summed E-state index contributed by atoms with van der Waals surface area (Å²) in [6.07, 6.45) is 0. The quantitative estimate of drug-likeness (QED) is 0.447. The second-order valence-electron chi connectivity index (χ2n) is 5.95. The molecule has 0 amide bonds.